The molecule has 1 aliphatic rings. The first kappa shape index (κ1) is 16.3. The molecule has 0 unspecified atom stereocenters. The van der Waals surface area contributed by atoms with Gasteiger partial charge >= 0.3 is 0 Å². The third-order valence-corrected chi connectivity index (χ3v) is 4.14. The zero-order chi connectivity index (χ0) is 16.8. The summed E-state index contributed by atoms with van der Waals surface area (Å²) in [6.07, 6.45) is 2.72. The van der Waals surface area contributed by atoms with Crippen molar-refractivity contribution in [2.24, 2.45) is 5.92 Å². The number of carbonyl (C=O) groups excluding carboxylic acids is 2. The van der Waals surface area contributed by atoms with Gasteiger partial charge in [-0.1, -0.05) is 30.3 Å². The summed E-state index contributed by atoms with van der Waals surface area (Å²) in [6.45, 7) is 1.41. The van der Waals surface area contributed by atoms with E-state index in [0.29, 0.717) is 38.3 Å². The Bertz CT molecular complexity index is 662. The van der Waals surface area contributed by atoms with Gasteiger partial charge in [-0.15, -0.1) is 0 Å². The fraction of sp³-hybridized carbons (Fsp3) is 0.333. The predicted molar refractivity (Wildman–Crippen MR) is 86.7 cm³/mol. The molecule has 0 spiro atoms. The first-order chi connectivity index (χ1) is 11.7. The van der Waals surface area contributed by atoms with Crippen LogP contribution in [-0.2, 0) is 16.2 Å². The standard InChI is InChI=1S/C18H20N2O4/c21-17(19-24-13-14-5-2-1-3-6-14)15-8-10-20(11-9-15)18(22)16-7-4-12-23-16/h1-7,12,15H,8-11,13H2,(H,19,21). The molecule has 126 valence electrons. The molecule has 1 N–H and O–H groups in total. The Morgan fingerprint density at radius 1 is 1.12 bits per heavy atom. The van der Waals surface area contributed by atoms with E-state index >= 15 is 0 Å². The molecule has 0 radical (unpaired) electrons. The molecule has 0 aliphatic carbocycles. The van der Waals surface area contributed by atoms with Gasteiger partial charge in [0.05, 0.1) is 12.9 Å². The minimum atomic E-state index is -0.138. The Labute approximate surface area is 140 Å². The van der Waals surface area contributed by atoms with Crippen LogP contribution in [0.3, 0.4) is 0 Å². The number of hydrogen-bond acceptors (Lipinski definition) is 4. The highest BCUT2D eigenvalue weighted by molar-refractivity contribution is 5.91. The van der Waals surface area contributed by atoms with Crippen molar-refractivity contribution in [3.05, 3.63) is 60.1 Å². The summed E-state index contributed by atoms with van der Waals surface area (Å²) in [4.78, 5) is 31.3. The van der Waals surface area contributed by atoms with Crippen molar-refractivity contribution >= 4 is 11.8 Å². The van der Waals surface area contributed by atoms with Crippen molar-refractivity contribution in [1.29, 1.82) is 0 Å². The van der Waals surface area contributed by atoms with Gasteiger partial charge in [0.25, 0.3) is 5.91 Å². The zero-order valence-electron chi connectivity index (χ0n) is 13.3. The van der Waals surface area contributed by atoms with Crippen LogP contribution >= 0.6 is 0 Å². The lowest BCUT2D eigenvalue weighted by molar-refractivity contribution is -0.140. The number of furan rings is 1. The fourth-order valence-electron chi connectivity index (χ4n) is 2.75. The Kier molecular flexibility index (Phi) is 5.28. The summed E-state index contributed by atoms with van der Waals surface area (Å²) < 4.78 is 5.13. The first-order valence-electron chi connectivity index (χ1n) is 8.02. The van der Waals surface area contributed by atoms with Gasteiger partial charge in [-0.3, -0.25) is 14.4 Å². The van der Waals surface area contributed by atoms with Crippen LogP contribution in [0.1, 0.15) is 29.0 Å². The number of nitrogens with zero attached hydrogens (tertiary/aromatic N) is 1. The van der Waals surface area contributed by atoms with Crippen molar-refractivity contribution in [2.75, 3.05) is 13.1 Å². The zero-order valence-corrected chi connectivity index (χ0v) is 13.3. The van der Waals surface area contributed by atoms with E-state index < -0.39 is 0 Å². The number of benzene rings is 1. The second kappa shape index (κ2) is 7.79. The highest BCUT2D eigenvalue weighted by Gasteiger charge is 2.28. The maximum atomic E-state index is 12.2. The van der Waals surface area contributed by atoms with Crippen LogP contribution in [0.15, 0.2) is 53.1 Å². The molecule has 1 aromatic heterocycles. The lowest BCUT2D eigenvalue weighted by atomic mass is 9.96. The average Bonchev–Trinajstić information content (AvgIpc) is 3.17. The van der Waals surface area contributed by atoms with E-state index in [1.807, 2.05) is 30.3 Å². The van der Waals surface area contributed by atoms with Gasteiger partial charge in [-0.25, -0.2) is 5.48 Å². The Balaban J connectivity index is 1.41. The molecule has 6 nitrogen and oxygen atoms in total. The second-order valence-electron chi connectivity index (χ2n) is 5.78. The number of nitrogens with one attached hydrogen (secondary N) is 1. The van der Waals surface area contributed by atoms with Gasteiger partial charge in [0, 0.05) is 19.0 Å². The van der Waals surface area contributed by atoms with E-state index in [-0.39, 0.29) is 17.7 Å². The molecule has 1 saturated heterocycles. The molecule has 6 heteroatoms. The number of amides is 2. The summed E-state index contributed by atoms with van der Waals surface area (Å²) in [5.74, 6) is -0.0549. The van der Waals surface area contributed by atoms with Gasteiger partial charge in [0.1, 0.15) is 0 Å². The van der Waals surface area contributed by atoms with Gasteiger partial charge < -0.3 is 9.32 Å². The lowest BCUT2D eigenvalue weighted by Crippen LogP contribution is -2.42. The summed E-state index contributed by atoms with van der Waals surface area (Å²) in [5.41, 5.74) is 3.51. The molecule has 0 saturated carbocycles. The Morgan fingerprint density at radius 3 is 2.54 bits per heavy atom. The number of carbonyl (C=O) groups is 2. The van der Waals surface area contributed by atoms with Crippen molar-refractivity contribution in [3.8, 4) is 0 Å². The van der Waals surface area contributed by atoms with E-state index in [9.17, 15) is 9.59 Å². The Hall–Kier alpha value is -2.60. The van der Waals surface area contributed by atoms with Crippen molar-refractivity contribution in [1.82, 2.24) is 10.4 Å². The van der Waals surface area contributed by atoms with Gasteiger partial charge in [-0.2, -0.15) is 0 Å². The molecule has 2 aromatic rings. The summed E-state index contributed by atoms with van der Waals surface area (Å²) in [7, 11) is 0. The van der Waals surface area contributed by atoms with Crippen LogP contribution < -0.4 is 5.48 Å². The van der Waals surface area contributed by atoms with Gasteiger partial charge in [0.15, 0.2) is 5.76 Å². The van der Waals surface area contributed by atoms with Crippen LogP contribution in [0.4, 0.5) is 0 Å². The minimum Gasteiger partial charge on any atom is -0.459 e. The monoisotopic (exact) mass is 328 g/mol. The average molecular weight is 328 g/mol. The summed E-state index contributed by atoms with van der Waals surface area (Å²) >= 11 is 0. The molecular weight excluding hydrogens is 308 g/mol. The number of piperidine rings is 1. The third kappa shape index (κ3) is 4.02. The van der Waals surface area contributed by atoms with Crippen molar-refractivity contribution < 1.29 is 18.8 Å². The lowest BCUT2D eigenvalue weighted by Gasteiger charge is -2.30. The molecule has 1 aromatic carbocycles. The number of rotatable bonds is 5. The summed E-state index contributed by atoms with van der Waals surface area (Å²) in [5, 5.41) is 0. The van der Waals surface area contributed by atoms with Crippen molar-refractivity contribution in [2.45, 2.75) is 19.4 Å². The van der Waals surface area contributed by atoms with E-state index in [1.165, 1.54) is 6.26 Å². The van der Waals surface area contributed by atoms with Crippen LogP contribution in [0, 0.1) is 5.92 Å². The molecule has 1 aliphatic heterocycles. The third-order valence-electron chi connectivity index (χ3n) is 4.14. The molecule has 3 rings (SSSR count). The smallest absolute Gasteiger partial charge is 0.289 e. The fourth-order valence-corrected chi connectivity index (χ4v) is 2.75. The predicted octanol–water partition coefficient (Wildman–Crippen LogP) is 2.38. The van der Waals surface area contributed by atoms with Gasteiger partial charge in [-0.05, 0) is 30.5 Å². The van der Waals surface area contributed by atoms with E-state index in [1.54, 1.807) is 17.0 Å². The SMILES string of the molecule is O=C(NOCc1ccccc1)C1CCN(C(=O)c2ccco2)CC1. The van der Waals surface area contributed by atoms with E-state index in [0.717, 1.165) is 5.56 Å². The second-order valence-corrected chi connectivity index (χ2v) is 5.78. The normalized spacial score (nSPS) is 15.2. The summed E-state index contributed by atoms with van der Waals surface area (Å²) in [6, 6.07) is 13.0. The van der Waals surface area contributed by atoms with E-state index in [2.05, 4.69) is 5.48 Å². The number of hydrogen-bond donors (Lipinski definition) is 1. The highest BCUT2D eigenvalue weighted by Crippen LogP contribution is 2.19. The van der Waals surface area contributed by atoms with Crippen LogP contribution in [-0.4, -0.2) is 29.8 Å². The van der Waals surface area contributed by atoms with E-state index in [4.69, 9.17) is 9.25 Å². The maximum Gasteiger partial charge on any atom is 0.289 e. The molecule has 24 heavy (non-hydrogen) atoms. The minimum absolute atomic E-state index is 0.126. The molecule has 0 bridgehead atoms. The highest BCUT2D eigenvalue weighted by atomic mass is 16.6. The molecule has 0 atom stereocenters. The Morgan fingerprint density at radius 2 is 1.88 bits per heavy atom. The number of hydroxylamine groups is 1. The largest absolute Gasteiger partial charge is 0.459 e. The molecule has 2 amide bonds. The van der Waals surface area contributed by atoms with Gasteiger partial charge in [0.2, 0.25) is 5.91 Å². The maximum absolute atomic E-state index is 12.2. The molecule has 2 heterocycles. The van der Waals surface area contributed by atoms with Crippen molar-refractivity contribution in [3.63, 3.8) is 0 Å². The quantitative estimate of drug-likeness (QED) is 0.856. The molecule has 1 fully saturated rings. The topological polar surface area (TPSA) is 71.8 Å². The molecular formula is C18H20N2O4. The first-order valence-corrected chi connectivity index (χ1v) is 8.02. The number of likely N-dealkylation sites (tertiary alicyclic amines) is 1. The van der Waals surface area contributed by atoms with Crippen LogP contribution in [0.5, 0.6) is 0 Å². The van der Waals surface area contributed by atoms with Crippen LogP contribution in [0.2, 0.25) is 0 Å². The van der Waals surface area contributed by atoms with Crippen LogP contribution in [0.25, 0.3) is 0 Å².